The number of hydrogen-bond donors (Lipinski definition) is 2. The molecule has 0 aromatic heterocycles. The molecule has 0 atom stereocenters. The molecule has 8 heteroatoms. The van der Waals surface area contributed by atoms with Gasteiger partial charge in [-0.05, 0) is 33.4 Å². The van der Waals surface area contributed by atoms with Gasteiger partial charge in [-0.1, -0.05) is 182 Å². The lowest BCUT2D eigenvalue weighted by Crippen LogP contribution is -2.45. The molecule has 6 aromatic carbocycles. The molecule has 256 valence electrons. The first-order valence-corrected chi connectivity index (χ1v) is 17.0. The molecule has 0 aliphatic carbocycles. The molecule has 8 rings (SSSR count). The Hall–Kier alpha value is -6.80. The van der Waals surface area contributed by atoms with Crippen LogP contribution in [0.5, 0.6) is 0 Å². The Morgan fingerprint density at radius 1 is 0.346 bits per heavy atom. The molecule has 0 bridgehead atoms. The highest BCUT2D eigenvalue weighted by Gasteiger charge is 2.54. The molecule has 6 aromatic rings. The maximum absolute atomic E-state index is 13.5. The summed E-state index contributed by atoms with van der Waals surface area (Å²) in [5.74, 6) is -0.521. The SMILES string of the molecule is O=C1NC(c2ccccc2)(c2ccccc2)C(=O)N1Cc1ccccc1.O=C1NC(c2ccccc2)(c2ccccc2)C(=O)N1Cc1ccccc1. The lowest BCUT2D eigenvalue weighted by Gasteiger charge is -2.28. The minimum absolute atomic E-state index is 0.243. The molecular formula is C44H36N4O4. The zero-order valence-electron chi connectivity index (χ0n) is 28.3. The monoisotopic (exact) mass is 684 g/mol. The molecule has 2 N–H and O–H groups in total. The molecule has 2 heterocycles. The van der Waals surface area contributed by atoms with E-state index in [0.29, 0.717) is 0 Å². The summed E-state index contributed by atoms with van der Waals surface area (Å²) in [6, 6.07) is 55.8. The average Bonchev–Trinajstić information content (AvgIpc) is 3.61. The molecule has 0 saturated carbocycles. The van der Waals surface area contributed by atoms with Crippen molar-refractivity contribution < 1.29 is 19.2 Å². The van der Waals surface area contributed by atoms with Crippen LogP contribution in [0.3, 0.4) is 0 Å². The van der Waals surface area contributed by atoms with Gasteiger partial charge in [0, 0.05) is 0 Å². The summed E-state index contributed by atoms with van der Waals surface area (Å²) in [5, 5.41) is 5.92. The zero-order valence-corrected chi connectivity index (χ0v) is 28.3. The number of carbonyl (C=O) groups is 4. The first-order valence-electron chi connectivity index (χ1n) is 17.0. The third-order valence-electron chi connectivity index (χ3n) is 9.41. The molecule has 2 saturated heterocycles. The quantitative estimate of drug-likeness (QED) is 0.164. The van der Waals surface area contributed by atoms with E-state index in [1.54, 1.807) is 0 Å². The lowest BCUT2D eigenvalue weighted by atomic mass is 9.82. The number of nitrogens with one attached hydrogen (secondary N) is 2. The van der Waals surface area contributed by atoms with Crippen molar-refractivity contribution in [1.82, 2.24) is 20.4 Å². The van der Waals surface area contributed by atoms with Gasteiger partial charge in [0.15, 0.2) is 11.1 Å². The number of hydrogen-bond acceptors (Lipinski definition) is 4. The van der Waals surface area contributed by atoms with Crippen molar-refractivity contribution in [3.8, 4) is 0 Å². The third kappa shape index (κ3) is 6.22. The first-order chi connectivity index (χ1) is 25.4. The van der Waals surface area contributed by atoms with E-state index in [1.165, 1.54) is 9.80 Å². The van der Waals surface area contributed by atoms with Crippen molar-refractivity contribution in [2.75, 3.05) is 0 Å². The second-order valence-electron chi connectivity index (χ2n) is 12.6. The van der Waals surface area contributed by atoms with Crippen LogP contribution in [0.1, 0.15) is 33.4 Å². The number of amides is 6. The third-order valence-corrected chi connectivity index (χ3v) is 9.41. The van der Waals surface area contributed by atoms with Gasteiger partial charge in [-0.3, -0.25) is 19.4 Å². The van der Waals surface area contributed by atoms with Gasteiger partial charge in [-0.15, -0.1) is 0 Å². The molecule has 0 spiro atoms. The standard InChI is InChI=1S/2C22H18N2O2/c2*25-20-22(18-12-6-2-7-13-18,19-14-8-3-9-15-19)23-21(26)24(20)16-17-10-4-1-5-11-17/h2*1-15H,16H2,(H,23,26). The number of imide groups is 2. The van der Waals surface area contributed by atoms with Gasteiger partial charge in [0.05, 0.1) is 13.1 Å². The van der Waals surface area contributed by atoms with Crippen LogP contribution in [0, 0.1) is 0 Å². The summed E-state index contributed by atoms with van der Waals surface area (Å²) in [5.41, 5.74) is 2.42. The summed E-state index contributed by atoms with van der Waals surface area (Å²) >= 11 is 0. The topological polar surface area (TPSA) is 98.8 Å². The summed E-state index contributed by atoms with van der Waals surface area (Å²) < 4.78 is 0. The van der Waals surface area contributed by atoms with Crippen LogP contribution in [0.2, 0.25) is 0 Å². The van der Waals surface area contributed by atoms with E-state index < -0.39 is 11.1 Å². The lowest BCUT2D eigenvalue weighted by molar-refractivity contribution is -0.131. The maximum Gasteiger partial charge on any atom is 0.325 e. The summed E-state index contributed by atoms with van der Waals surface area (Å²) in [7, 11) is 0. The van der Waals surface area contributed by atoms with E-state index in [-0.39, 0.29) is 37.0 Å². The van der Waals surface area contributed by atoms with Crippen LogP contribution in [0.25, 0.3) is 0 Å². The molecule has 2 fully saturated rings. The molecule has 2 aliphatic rings. The van der Waals surface area contributed by atoms with Crippen molar-refractivity contribution in [1.29, 1.82) is 0 Å². The number of rotatable bonds is 8. The Morgan fingerprint density at radius 3 is 0.827 bits per heavy atom. The fraction of sp³-hybridized carbons (Fsp3) is 0.0909. The first kappa shape index (κ1) is 33.7. The Labute approximate surface area is 302 Å². The molecule has 6 amide bonds. The second kappa shape index (κ2) is 14.6. The van der Waals surface area contributed by atoms with Crippen LogP contribution in [0.4, 0.5) is 9.59 Å². The summed E-state index contributed by atoms with van der Waals surface area (Å²) in [4.78, 5) is 55.0. The molecule has 2 aliphatic heterocycles. The normalized spacial score (nSPS) is 15.8. The van der Waals surface area contributed by atoms with E-state index in [4.69, 9.17) is 0 Å². The van der Waals surface area contributed by atoms with Crippen LogP contribution in [0.15, 0.2) is 182 Å². The number of carbonyl (C=O) groups excluding carboxylic acids is 4. The van der Waals surface area contributed by atoms with E-state index >= 15 is 0 Å². The molecule has 52 heavy (non-hydrogen) atoms. The largest absolute Gasteiger partial charge is 0.325 e. The molecule has 0 radical (unpaired) electrons. The second-order valence-corrected chi connectivity index (χ2v) is 12.6. The van der Waals surface area contributed by atoms with Gasteiger partial charge < -0.3 is 10.6 Å². The fourth-order valence-electron chi connectivity index (χ4n) is 6.84. The van der Waals surface area contributed by atoms with E-state index in [9.17, 15) is 19.2 Å². The van der Waals surface area contributed by atoms with Crippen molar-refractivity contribution in [3.63, 3.8) is 0 Å². The van der Waals surface area contributed by atoms with Crippen molar-refractivity contribution in [3.05, 3.63) is 215 Å². The van der Waals surface area contributed by atoms with Crippen LogP contribution in [-0.2, 0) is 33.8 Å². The Morgan fingerprint density at radius 2 is 0.577 bits per heavy atom. The summed E-state index contributed by atoms with van der Waals surface area (Å²) in [6.45, 7) is 0.486. The number of urea groups is 2. The van der Waals surface area contributed by atoms with Gasteiger partial charge in [-0.2, -0.15) is 0 Å². The minimum atomic E-state index is -1.20. The van der Waals surface area contributed by atoms with Gasteiger partial charge in [-0.25, -0.2) is 9.59 Å². The van der Waals surface area contributed by atoms with Crippen molar-refractivity contribution >= 4 is 23.9 Å². The predicted molar refractivity (Wildman–Crippen MR) is 198 cm³/mol. The van der Waals surface area contributed by atoms with E-state index in [1.807, 2.05) is 182 Å². The number of benzene rings is 6. The average molecular weight is 685 g/mol. The molecule has 0 unspecified atom stereocenters. The van der Waals surface area contributed by atoms with Crippen molar-refractivity contribution in [2.45, 2.75) is 24.2 Å². The molecule has 8 nitrogen and oxygen atoms in total. The van der Waals surface area contributed by atoms with Gasteiger partial charge >= 0.3 is 12.1 Å². The van der Waals surface area contributed by atoms with Crippen LogP contribution in [-0.4, -0.2) is 33.7 Å². The Balaban J connectivity index is 0.000000162. The molecular weight excluding hydrogens is 649 g/mol. The van der Waals surface area contributed by atoms with E-state index in [0.717, 1.165) is 33.4 Å². The zero-order chi connectivity index (χ0) is 36.0. The minimum Gasteiger partial charge on any atom is -0.315 e. The highest BCUT2D eigenvalue weighted by molar-refractivity contribution is 6.10. The van der Waals surface area contributed by atoms with Crippen LogP contribution >= 0.6 is 0 Å². The summed E-state index contributed by atoms with van der Waals surface area (Å²) in [6.07, 6.45) is 0. The Bertz CT molecular complexity index is 1930. The maximum atomic E-state index is 13.5. The smallest absolute Gasteiger partial charge is 0.315 e. The highest BCUT2D eigenvalue weighted by atomic mass is 16.2. The highest BCUT2D eigenvalue weighted by Crippen LogP contribution is 2.38. The van der Waals surface area contributed by atoms with Crippen molar-refractivity contribution in [2.24, 2.45) is 0 Å². The Kier molecular flexibility index (Phi) is 9.45. The number of nitrogens with zero attached hydrogens (tertiary/aromatic N) is 2. The predicted octanol–water partition coefficient (Wildman–Crippen LogP) is 7.36. The van der Waals surface area contributed by atoms with Gasteiger partial charge in [0.25, 0.3) is 11.8 Å². The van der Waals surface area contributed by atoms with Crippen LogP contribution < -0.4 is 10.6 Å². The fourth-order valence-corrected chi connectivity index (χ4v) is 6.84. The van der Waals surface area contributed by atoms with E-state index in [2.05, 4.69) is 10.6 Å². The van der Waals surface area contributed by atoms with Gasteiger partial charge in [0.2, 0.25) is 0 Å². The van der Waals surface area contributed by atoms with Gasteiger partial charge in [0.1, 0.15) is 0 Å².